The van der Waals surface area contributed by atoms with Gasteiger partial charge in [0, 0.05) is 5.69 Å². The van der Waals surface area contributed by atoms with E-state index in [9.17, 15) is 9.59 Å². The van der Waals surface area contributed by atoms with Crippen molar-refractivity contribution in [2.24, 2.45) is 0 Å². The number of anilines is 1. The minimum Gasteiger partial charge on any atom is -0.443 e. The summed E-state index contributed by atoms with van der Waals surface area (Å²) in [5.74, 6) is -0.257. The number of hydrogen-bond donors (Lipinski definition) is 3. The van der Waals surface area contributed by atoms with Gasteiger partial charge >= 0.3 is 6.09 Å². The predicted molar refractivity (Wildman–Crippen MR) is 77.0 cm³/mol. The van der Waals surface area contributed by atoms with E-state index in [1.165, 1.54) is 0 Å². The lowest BCUT2D eigenvalue weighted by Crippen LogP contribution is -2.49. The van der Waals surface area contributed by atoms with Gasteiger partial charge in [0.15, 0.2) is 0 Å². The Labute approximate surface area is 118 Å². The molecule has 0 spiro atoms. The summed E-state index contributed by atoms with van der Waals surface area (Å²) < 4.78 is 5.04. The number of benzene rings is 1. The molecule has 6 nitrogen and oxygen atoms in total. The summed E-state index contributed by atoms with van der Waals surface area (Å²) in [6, 6.07) is 8.49. The highest BCUT2D eigenvalue weighted by Gasteiger charge is 2.18. The zero-order chi connectivity index (χ0) is 15.2. The van der Waals surface area contributed by atoms with Gasteiger partial charge in [-0.1, -0.05) is 18.2 Å². The Bertz CT molecular complexity index is 454. The van der Waals surface area contributed by atoms with Crippen molar-refractivity contribution in [3.05, 3.63) is 30.3 Å². The number of amides is 2. The van der Waals surface area contributed by atoms with Gasteiger partial charge < -0.3 is 10.1 Å². The predicted octanol–water partition coefficient (Wildman–Crippen LogP) is 2.04. The van der Waals surface area contributed by atoms with Crippen molar-refractivity contribution in [1.29, 1.82) is 0 Å². The van der Waals surface area contributed by atoms with Gasteiger partial charge in [0.05, 0.1) is 0 Å². The fourth-order valence-electron chi connectivity index (χ4n) is 1.31. The van der Waals surface area contributed by atoms with E-state index in [0.717, 1.165) is 0 Å². The molecule has 0 radical (unpaired) electrons. The Balaban J connectivity index is 2.37. The third-order valence-corrected chi connectivity index (χ3v) is 2.22. The second-order valence-electron chi connectivity index (χ2n) is 5.35. The molecule has 0 aliphatic heterocycles. The molecule has 6 heteroatoms. The van der Waals surface area contributed by atoms with Crippen LogP contribution in [0.5, 0.6) is 0 Å². The van der Waals surface area contributed by atoms with Gasteiger partial charge in [-0.2, -0.15) is 0 Å². The molecule has 110 valence electrons. The van der Waals surface area contributed by atoms with Gasteiger partial charge in [0.2, 0.25) is 5.91 Å². The summed E-state index contributed by atoms with van der Waals surface area (Å²) in [5.41, 5.74) is 5.04. The van der Waals surface area contributed by atoms with E-state index in [0.29, 0.717) is 5.69 Å². The number of carbonyl (C=O) groups excluding carboxylic acids is 2. The molecule has 0 saturated carbocycles. The van der Waals surface area contributed by atoms with Gasteiger partial charge in [0.25, 0.3) is 0 Å². The highest BCUT2D eigenvalue weighted by molar-refractivity contribution is 5.94. The highest BCUT2D eigenvalue weighted by Crippen LogP contribution is 2.06. The van der Waals surface area contributed by atoms with E-state index < -0.39 is 17.7 Å². The van der Waals surface area contributed by atoms with Crippen molar-refractivity contribution in [1.82, 2.24) is 10.9 Å². The molecule has 1 atom stereocenters. The Hall–Kier alpha value is -2.08. The summed E-state index contributed by atoms with van der Waals surface area (Å²) in [6.45, 7) is 6.92. The van der Waals surface area contributed by atoms with Crippen molar-refractivity contribution in [3.8, 4) is 0 Å². The van der Waals surface area contributed by atoms with Gasteiger partial charge in [-0.3, -0.25) is 10.2 Å². The van der Waals surface area contributed by atoms with E-state index in [2.05, 4.69) is 16.2 Å². The SMILES string of the molecule is CC(NNC(=O)OC(C)(C)C)C(=O)Nc1ccccc1. The molecule has 1 unspecified atom stereocenters. The molecule has 0 heterocycles. The van der Waals surface area contributed by atoms with Gasteiger partial charge in [-0.15, -0.1) is 0 Å². The minimum atomic E-state index is -0.628. The Kier molecular flexibility index (Phi) is 5.52. The summed E-state index contributed by atoms with van der Waals surface area (Å²) in [4.78, 5) is 23.3. The van der Waals surface area contributed by atoms with E-state index in [-0.39, 0.29) is 5.91 Å². The lowest BCUT2D eigenvalue weighted by Gasteiger charge is -2.21. The fraction of sp³-hybridized carbons (Fsp3) is 0.429. The average Bonchev–Trinajstić information content (AvgIpc) is 2.35. The first-order chi connectivity index (χ1) is 9.28. The maximum Gasteiger partial charge on any atom is 0.422 e. The summed E-state index contributed by atoms with van der Waals surface area (Å²) >= 11 is 0. The Morgan fingerprint density at radius 2 is 1.75 bits per heavy atom. The smallest absolute Gasteiger partial charge is 0.422 e. The molecule has 2 amide bonds. The first-order valence-corrected chi connectivity index (χ1v) is 6.38. The number of hydrogen-bond acceptors (Lipinski definition) is 4. The van der Waals surface area contributed by atoms with Crippen molar-refractivity contribution < 1.29 is 14.3 Å². The van der Waals surface area contributed by atoms with E-state index in [1.807, 2.05) is 18.2 Å². The molecule has 0 aliphatic carbocycles. The fourth-order valence-corrected chi connectivity index (χ4v) is 1.31. The Morgan fingerprint density at radius 1 is 1.15 bits per heavy atom. The van der Waals surface area contributed by atoms with Gasteiger partial charge in [-0.25, -0.2) is 10.2 Å². The van der Waals surface area contributed by atoms with Crippen LogP contribution in [-0.2, 0) is 9.53 Å². The third-order valence-electron chi connectivity index (χ3n) is 2.22. The summed E-state index contributed by atoms with van der Waals surface area (Å²) in [6.07, 6.45) is -0.628. The van der Waals surface area contributed by atoms with Crippen LogP contribution >= 0.6 is 0 Å². The monoisotopic (exact) mass is 279 g/mol. The highest BCUT2D eigenvalue weighted by atomic mass is 16.6. The normalized spacial score (nSPS) is 12.4. The second kappa shape index (κ2) is 6.91. The molecule has 1 aromatic carbocycles. The molecule has 0 aromatic heterocycles. The quantitative estimate of drug-likeness (QED) is 0.737. The molecular formula is C14H21N3O3. The van der Waals surface area contributed by atoms with Crippen molar-refractivity contribution >= 4 is 17.7 Å². The van der Waals surface area contributed by atoms with Gasteiger partial charge in [0.1, 0.15) is 11.6 Å². The zero-order valence-electron chi connectivity index (χ0n) is 12.2. The van der Waals surface area contributed by atoms with Crippen LogP contribution in [0.4, 0.5) is 10.5 Å². The van der Waals surface area contributed by atoms with Gasteiger partial charge in [-0.05, 0) is 39.8 Å². The van der Waals surface area contributed by atoms with Crippen LogP contribution < -0.4 is 16.2 Å². The standard InChI is InChI=1S/C14H21N3O3/c1-10(16-17-13(19)20-14(2,3)4)12(18)15-11-8-6-5-7-9-11/h5-10,16H,1-4H3,(H,15,18)(H,17,19). The van der Waals surface area contributed by atoms with Crippen LogP contribution in [0.1, 0.15) is 27.7 Å². The number of nitrogens with one attached hydrogen (secondary N) is 3. The van der Waals surface area contributed by atoms with E-state index >= 15 is 0 Å². The minimum absolute atomic E-state index is 0.257. The first kappa shape index (κ1) is 16.0. The van der Waals surface area contributed by atoms with Crippen LogP contribution in [0.15, 0.2) is 30.3 Å². The molecule has 0 bridgehead atoms. The molecule has 1 rings (SSSR count). The van der Waals surface area contributed by atoms with Crippen molar-refractivity contribution in [2.75, 3.05) is 5.32 Å². The van der Waals surface area contributed by atoms with Crippen molar-refractivity contribution in [3.63, 3.8) is 0 Å². The zero-order valence-corrected chi connectivity index (χ0v) is 12.2. The van der Waals surface area contributed by atoms with Crippen molar-refractivity contribution in [2.45, 2.75) is 39.3 Å². The molecule has 1 aromatic rings. The largest absolute Gasteiger partial charge is 0.443 e. The third kappa shape index (κ3) is 6.19. The maximum absolute atomic E-state index is 11.8. The number of rotatable bonds is 4. The topological polar surface area (TPSA) is 79.5 Å². The molecule has 3 N–H and O–H groups in total. The molecule has 0 saturated heterocycles. The summed E-state index contributed by atoms with van der Waals surface area (Å²) in [5, 5.41) is 2.72. The lowest BCUT2D eigenvalue weighted by atomic mass is 10.2. The van der Waals surface area contributed by atoms with Crippen LogP contribution in [-0.4, -0.2) is 23.6 Å². The molecule has 0 aliphatic rings. The van der Waals surface area contributed by atoms with E-state index in [1.54, 1.807) is 39.8 Å². The second-order valence-corrected chi connectivity index (χ2v) is 5.35. The number of para-hydroxylation sites is 1. The summed E-state index contributed by atoms with van der Waals surface area (Å²) in [7, 11) is 0. The van der Waals surface area contributed by atoms with Crippen LogP contribution in [0.2, 0.25) is 0 Å². The molecule has 0 fully saturated rings. The average molecular weight is 279 g/mol. The number of carbonyl (C=O) groups is 2. The first-order valence-electron chi connectivity index (χ1n) is 6.38. The van der Waals surface area contributed by atoms with Crippen LogP contribution in [0.25, 0.3) is 0 Å². The Morgan fingerprint density at radius 3 is 2.30 bits per heavy atom. The maximum atomic E-state index is 11.8. The number of ether oxygens (including phenoxy) is 1. The lowest BCUT2D eigenvalue weighted by molar-refractivity contribution is -0.117. The van der Waals surface area contributed by atoms with Crippen LogP contribution in [0.3, 0.4) is 0 Å². The van der Waals surface area contributed by atoms with Crippen LogP contribution in [0, 0.1) is 0 Å². The van der Waals surface area contributed by atoms with E-state index in [4.69, 9.17) is 4.74 Å². The molecule has 20 heavy (non-hydrogen) atoms. The molecular weight excluding hydrogens is 258 g/mol. The number of hydrazine groups is 1.